The summed E-state index contributed by atoms with van der Waals surface area (Å²) < 4.78 is 62.4. The first kappa shape index (κ1) is 18.3. The summed E-state index contributed by atoms with van der Waals surface area (Å²) >= 11 is 0. The van der Waals surface area contributed by atoms with Crippen LogP contribution in [0.4, 0.5) is 24.5 Å². The third-order valence-electron chi connectivity index (χ3n) is 5.57. The number of anilines is 2. The number of sulfone groups is 1. The number of benzene rings is 2. The molecular formula is C20H20F3NO2S. The van der Waals surface area contributed by atoms with Crippen molar-refractivity contribution in [2.24, 2.45) is 5.92 Å². The van der Waals surface area contributed by atoms with Crippen molar-refractivity contribution in [2.45, 2.75) is 30.7 Å². The highest BCUT2D eigenvalue weighted by atomic mass is 32.2. The molecule has 1 fully saturated rings. The van der Waals surface area contributed by atoms with Crippen molar-refractivity contribution in [3.63, 3.8) is 0 Å². The molecule has 144 valence electrons. The Labute approximate surface area is 156 Å². The molecule has 0 aliphatic carbocycles. The monoisotopic (exact) mass is 395 g/mol. The summed E-state index contributed by atoms with van der Waals surface area (Å²) in [6, 6.07) is 13.0. The number of fused-ring (bicyclic) bond motifs is 1. The Morgan fingerprint density at radius 3 is 2.33 bits per heavy atom. The van der Waals surface area contributed by atoms with Gasteiger partial charge in [0.25, 0.3) is 0 Å². The zero-order chi connectivity index (χ0) is 19.2. The molecule has 2 aromatic rings. The maximum Gasteiger partial charge on any atom is 0.416 e. The molecule has 0 N–H and O–H groups in total. The van der Waals surface area contributed by atoms with Crippen LogP contribution in [0.2, 0.25) is 0 Å². The molecule has 0 bridgehead atoms. The Kier molecular flexibility index (Phi) is 4.45. The predicted molar refractivity (Wildman–Crippen MR) is 98.9 cm³/mol. The Hall–Kier alpha value is -2.02. The van der Waals surface area contributed by atoms with E-state index in [9.17, 15) is 21.6 Å². The van der Waals surface area contributed by atoms with Crippen molar-refractivity contribution in [3.8, 4) is 0 Å². The fourth-order valence-electron chi connectivity index (χ4n) is 4.02. The summed E-state index contributed by atoms with van der Waals surface area (Å²) in [5.74, 6) is 0.422. The molecule has 0 amide bonds. The summed E-state index contributed by atoms with van der Waals surface area (Å²) in [6.45, 7) is 0.606. The van der Waals surface area contributed by atoms with Crippen LogP contribution < -0.4 is 4.90 Å². The van der Waals surface area contributed by atoms with Crippen molar-refractivity contribution >= 4 is 21.2 Å². The predicted octanol–water partition coefficient (Wildman–Crippen LogP) is 4.59. The van der Waals surface area contributed by atoms with Crippen LogP contribution in [-0.4, -0.2) is 26.0 Å². The van der Waals surface area contributed by atoms with Gasteiger partial charge in [-0.2, -0.15) is 13.2 Å². The molecule has 2 atom stereocenters. The minimum Gasteiger partial charge on any atom is -0.341 e. The molecule has 3 nitrogen and oxygen atoms in total. The van der Waals surface area contributed by atoms with Crippen molar-refractivity contribution < 1.29 is 21.6 Å². The van der Waals surface area contributed by atoms with Gasteiger partial charge in [0.15, 0.2) is 9.84 Å². The average Bonchev–Trinajstić information content (AvgIpc) is 2.64. The molecule has 0 aromatic heterocycles. The fraction of sp³-hybridized carbons (Fsp3) is 0.400. The Balaban J connectivity index is 1.62. The minimum atomic E-state index is -4.36. The SMILES string of the molecule is O=S1(=O)CCC1CC1Cc2ccccc2N(c2ccc(C(F)(F)F)cc2)C1. The number of nitrogens with zero attached hydrogens (tertiary/aromatic N) is 1. The highest BCUT2D eigenvalue weighted by Crippen LogP contribution is 2.39. The lowest BCUT2D eigenvalue weighted by Crippen LogP contribution is -2.41. The van der Waals surface area contributed by atoms with E-state index in [-0.39, 0.29) is 16.9 Å². The summed E-state index contributed by atoms with van der Waals surface area (Å²) in [6.07, 6.45) is -2.26. The van der Waals surface area contributed by atoms with Crippen LogP contribution in [0.3, 0.4) is 0 Å². The standard InChI is InChI=1S/C20H20F3NO2S/c21-20(22,23)16-5-7-17(8-6-16)24-13-14(12-18-9-10-27(18,25)26)11-15-3-1-2-4-19(15)24/h1-8,14,18H,9-13H2. The number of halogens is 3. The summed E-state index contributed by atoms with van der Waals surface area (Å²) in [4.78, 5) is 2.01. The molecule has 2 aliphatic rings. The number of rotatable bonds is 3. The quantitative estimate of drug-likeness (QED) is 0.763. The molecule has 2 aromatic carbocycles. The van der Waals surface area contributed by atoms with Gasteiger partial charge in [0.1, 0.15) is 0 Å². The zero-order valence-corrected chi connectivity index (χ0v) is 15.4. The van der Waals surface area contributed by atoms with Crippen LogP contribution >= 0.6 is 0 Å². The van der Waals surface area contributed by atoms with Crippen LogP contribution in [0.25, 0.3) is 0 Å². The van der Waals surface area contributed by atoms with E-state index in [0.717, 1.165) is 29.8 Å². The van der Waals surface area contributed by atoms with Gasteiger partial charge in [0, 0.05) is 17.9 Å². The summed E-state index contributed by atoms with van der Waals surface area (Å²) in [7, 11) is -2.95. The van der Waals surface area contributed by atoms with Crippen molar-refractivity contribution in [1.29, 1.82) is 0 Å². The first-order valence-corrected chi connectivity index (χ1v) is 10.7. The smallest absolute Gasteiger partial charge is 0.341 e. The van der Waals surface area contributed by atoms with Gasteiger partial charge in [0.05, 0.1) is 16.6 Å². The van der Waals surface area contributed by atoms with E-state index in [1.165, 1.54) is 12.1 Å². The van der Waals surface area contributed by atoms with E-state index in [4.69, 9.17) is 0 Å². The lowest BCUT2D eigenvalue weighted by Gasteiger charge is -2.38. The van der Waals surface area contributed by atoms with Gasteiger partial charge < -0.3 is 4.90 Å². The fourth-order valence-corrected chi connectivity index (χ4v) is 5.54. The molecule has 2 unspecified atom stereocenters. The first-order chi connectivity index (χ1) is 12.7. The number of hydrogen-bond acceptors (Lipinski definition) is 3. The van der Waals surface area contributed by atoms with E-state index in [2.05, 4.69) is 0 Å². The van der Waals surface area contributed by atoms with Gasteiger partial charge in [-0.05, 0) is 61.1 Å². The molecule has 0 spiro atoms. The van der Waals surface area contributed by atoms with Crippen LogP contribution in [-0.2, 0) is 22.4 Å². The van der Waals surface area contributed by atoms with E-state index in [0.29, 0.717) is 25.1 Å². The topological polar surface area (TPSA) is 37.4 Å². The van der Waals surface area contributed by atoms with Crippen LogP contribution in [0.5, 0.6) is 0 Å². The van der Waals surface area contributed by atoms with E-state index in [1.807, 2.05) is 29.2 Å². The van der Waals surface area contributed by atoms with Gasteiger partial charge >= 0.3 is 6.18 Å². The Morgan fingerprint density at radius 2 is 1.74 bits per heavy atom. The number of hydrogen-bond donors (Lipinski definition) is 0. The minimum absolute atomic E-state index is 0.155. The molecule has 7 heteroatoms. The van der Waals surface area contributed by atoms with Crippen molar-refractivity contribution in [2.75, 3.05) is 17.2 Å². The van der Waals surface area contributed by atoms with E-state index >= 15 is 0 Å². The summed E-state index contributed by atoms with van der Waals surface area (Å²) in [5, 5.41) is -0.276. The number of alkyl halides is 3. The average molecular weight is 395 g/mol. The largest absolute Gasteiger partial charge is 0.416 e. The first-order valence-electron chi connectivity index (χ1n) is 8.98. The highest BCUT2D eigenvalue weighted by molar-refractivity contribution is 7.93. The zero-order valence-electron chi connectivity index (χ0n) is 14.6. The lowest BCUT2D eigenvalue weighted by atomic mass is 9.88. The van der Waals surface area contributed by atoms with E-state index < -0.39 is 21.6 Å². The number of para-hydroxylation sites is 1. The second-order valence-corrected chi connectivity index (χ2v) is 9.77. The normalized spacial score (nSPS) is 24.2. The van der Waals surface area contributed by atoms with Gasteiger partial charge in [-0.1, -0.05) is 18.2 Å². The summed E-state index contributed by atoms with van der Waals surface area (Å²) in [5.41, 5.74) is 2.10. The molecule has 1 saturated heterocycles. The Morgan fingerprint density at radius 1 is 1.04 bits per heavy atom. The van der Waals surface area contributed by atoms with Crippen molar-refractivity contribution in [3.05, 3.63) is 59.7 Å². The Bertz CT molecular complexity index is 938. The van der Waals surface area contributed by atoms with Crippen LogP contribution in [0.15, 0.2) is 48.5 Å². The molecule has 0 radical (unpaired) electrons. The van der Waals surface area contributed by atoms with Crippen LogP contribution in [0.1, 0.15) is 24.0 Å². The molecule has 2 aliphatic heterocycles. The molecule has 2 heterocycles. The lowest BCUT2D eigenvalue weighted by molar-refractivity contribution is -0.137. The second-order valence-electron chi connectivity index (χ2n) is 7.37. The van der Waals surface area contributed by atoms with Crippen LogP contribution in [0, 0.1) is 5.92 Å². The third-order valence-corrected chi connectivity index (χ3v) is 7.82. The second kappa shape index (κ2) is 6.55. The molecular weight excluding hydrogens is 375 g/mol. The van der Waals surface area contributed by atoms with Gasteiger partial charge in [0.2, 0.25) is 0 Å². The maximum atomic E-state index is 12.9. The third kappa shape index (κ3) is 3.57. The molecule has 4 rings (SSSR count). The molecule has 27 heavy (non-hydrogen) atoms. The molecule has 0 saturated carbocycles. The van der Waals surface area contributed by atoms with Gasteiger partial charge in [-0.25, -0.2) is 8.42 Å². The van der Waals surface area contributed by atoms with Crippen molar-refractivity contribution in [1.82, 2.24) is 0 Å². The van der Waals surface area contributed by atoms with Gasteiger partial charge in [-0.15, -0.1) is 0 Å². The highest BCUT2D eigenvalue weighted by Gasteiger charge is 2.38. The maximum absolute atomic E-state index is 12.9. The van der Waals surface area contributed by atoms with E-state index in [1.54, 1.807) is 0 Å². The van der Waals surface area contributed by atoms with Gasteiger partial charge in [-0.3, -0.25) is 0 Å².